The molecule has 1 N–H and O–H groups in total. The van der Waals surface area contributed by atoms with Gasteiger partial charge in [0, 0.05) is 34.8 Å². The van der Waals surface area contributed by atoms with Crippen molar-refractivity contribution in [2.45, 2.75) is 58.2 Å². The Labute approximate surface area is 232 Å². The molecule has 2 aromatic rings. The molecule has 0 saturated heterocycles. The van der Waals surface area contributed by atoms with Crippen LogP contribution >= 0.6 is 23.2 Å². The molecule has 2 aromatic carbocycles. The van der Waals surface area contributed by atoms with E-state index in [-0.39, 0.29) is 34.9 Å². The van der Waals surface area contributed by atoms with Crippen LogP contribution in [-0.2, 0) is 26.2 Å². The number of aryl methyl sites for hydroxylation is 1. The van der Waals surface area contributed by atoms with E-state index < -0.39 is 33.4 Å². The number of hydrogen-bond donors (Lipinski definition) is 1. The number of non-ortho nitro benzene ring substituents is 1. The maximum Gasteiger partial charge on any atom is 0.271 e. The van der Waals surface area contributed by atoms with Crippen LogP contribution in [0.3, 0.4) is 0 Å². The molecule has 0 heterocycles. The molecule has 1 aliphatic carbocycles. The lowest BCUT2D eigenvalue weighted by Gasteiger charge is -2.32. The van der Waals surface area contributed by atoms with Gasteiger partial charge in [0.2, 0.25) is 21.8 Å². The van der Waals surface area contributed by atoms with Gasteiger partial charge in [-0.3, -0.25) is 24.0 Å². The number of benzene rings is 2. The SMILES string of the molecule is Cc1ccc([N+](=O)[O-])cc1N(CC(=O)N(Cc1ccc(Cl)cc1Cl)[C@H](C)C(=O)NC1CCCC1)S(C)(=O)=O. The lowest BCUT2D eigenvalue weighted by atomic mass is 10.1. The number of nitrogens with zero attached hydrogens (tertiary/aromatic N) is 3. The van der Waals surface area contributed by atoms with Gasteiger partial charge in [-0.2, -0.15) is 0 Å². The van der Waals surface area contributed by atoms with E-state index in [0.717, 1.165) is 42.3 Å². The van der Waals surface area contributed by atoms with Gasteiger partial charge in [0.15, 0.2) is 0 Å². The molecule has 1 aliphatic rings. The molecule has 206 valence electrons. The number of amides is 2. The summed E-state index contributed by atoms with van der Waals surface area (Å²) in [6.45, 7) is 2.40. The fourth-order valence-corrected chi connectivity index (χ4v) is 5.75. The summed E-state index contributed by atoms with van der Waals surface area (Å²) in [7, 11) is -4.04. The molecule has 38 heavy (non-hydrogen) atoms. The minimum Gasteiger partial charge on any atom is -0.352 e. The molecule has 1 saturated carbocycles. The van der Waals surface area contributed by atoms with E-state index >= 15 is 0 Å². The number of halogens is 2. The number of nitrogens with one attached hydrogen (secondary N) is 1. The maximum atomic E-state index is 13.7. The first kappa shape index (κ1) is 29.7. The van der Waals surface area contributed by atoms with E-state index in [2.05, 4.69) is 5.32 Å². The predicted octanol–water partition coefficient (Wildman–Crippen LogP) is 4.45. The quantitative estimate of drug-likeness (QED) is 0.324. The normalized spacial score (nSPS) is 14.7. The van der Waals surface area contributed by atoms with Gasteiger partial charge in [0.05, 0.1) is 16.9 Å². The summed E-state index contributed by atoms with van der Waals surface area (Å²) >= 11 is 12.4. The molecule has 0 aliphatic heterocycles. The molecule has 10 nitrogen and oxygen atoms in total. The zero-order chi connectivity index (χ0) is 28.2. The summed E-state index contributed by atoms with van der Waals surface area (Å²) in [4.78, 5) is 38.8. The minimum absolute atomic E-state index is 0.00239. The summed E-state index contributed by atoms with van der Waals surface area (Å²) in [5.74, 6) is -1.05. The summed E-state index contributed by atoms with van der Waals surface area (Å²) in [6, 6.07) is 7.59. The third-order valence-corrected chi connectivity index (χ3v) is 8.29. The summed E-state index contributed by atoms with van der Waals surface area (Å²) in [5, 5.41) is 15.0. The van der Waals surface area contributed by atoms with Crippen molar-refractivity contribution in [3.05, 3.63) is 67.7 Å². The van der Waals surface area contributed by atoms with Crippen LogP contribution in [0.4, 0.5) is 11.4 Å². The molecule has 2 amide bonds. The lowest BCUT2D eigenvalue weighted by Crippen LogP contribution is -2.52. The highest BCUT2D eigenvalue weighted by Gasteiger charge is 2.32. The third kappa shape index (κ3) is 7.36. The summed E-state index contributed by atoms with van der Waals surface area (Å²) in [6.07, 6.45) is 4.63. The van der Waals surface area contributed by atoms with Gasteiger partial charge < -0.3 is 10.2 Å². The molecule has 0 radical (unpaired) electrons. The number of hydrogen-bond acceptors (Lipinski definition) is 6. The molecule has 0 unspecified atom stereocenters. The van der Waals surface area contributed by atoms with Gasteiger partial charge in [-0.15, -0.1) is 0 Å². The van der Waals surface area contributed by atoms with E-state index in [4.69, 9.17) is 23.2 Å². The molecular formula is C25H30Cl2N4O6S. The Morgan fingerprint density at radius 2 is 1.82 bits per heavy atom. The topological polar surface area (TPSA) is 130 Å². The van der Waals surface area contributed by atoms with Crippen molar-refractivity contribution in [3.63, 3.8) is 0 Å². The second-order valence-electron chi connectivity index (χ2n) is 9.42. The number of nitro groups is 1. The Balaban J connectivity index is 1.97. The van der Waals surface area contributed by atoms with E-state index in [9.17, 15) is 28.1 Å². The van der Waals surface area contributed by atoms with Crippen LogP contribution in [-0.4, -0.2) is 54.9 Å². The van der Waals surface area contributed by atoms with Gasteiger partial charge in [-0.1, -0.05) is 48.2 Å². The Kier molecular flexibility index (Phi) is 9.61. The standard InChI is InChI=1S/C25H30Cl2N4O6S/c1-16-8-11-21(31(34)35)13-23(16)30(38(3,36)37)15-24(32)29(14-18-9-10-19(26)12-22(18)27)17(2)25(33)28-20-6-4-5-7-20/h8-13,17,20H,4-7,14-15H2,1-3H3,(H,28,33)/t17-/m1/s1. The first-order valence-corrected chi connectivity index (χ1v) is 14.6. The second-order valence-corrected chi connectivity index (χ2v) is 12.2. The molecule has 0 bridgehead atoms. The third-order valence-electron chi connectivity index (χ3n) is 6.58. The van der Waals surface area contributed by atoms with Crippen molar-refractivity contribution < 1.29 is 22.9 Å². The summed E-state index contributed by atoms with van der Waals surface area (Å²) in [5.41, 5.74) is 0.624. The fraction of sp³-hybridized carbons (Fsp3) is 0.440. The molecule has 1 fully saturated rings. The van der Waals surface area contributed by atoms with E-state index in [1.165, 1.54) is 23.1 Å². The van der Waals surface area contributed by atoms with Crippen LogP contribution in [0.2, 0.25) is 10.0 Å². The number of rotatable bonds is 10. The molecule has 0 aromatic heterocycles. The average Bonchev–Trinajstić information content (AvgIpc) is 3.34. The highest BCUT2D eigenvalue weighted by molar-refractivity contribution is 7.92. The number of carbonyl (C=O) groups excluding carboxylic acids is 2. The van der Waals surface area contributed by atoms with E-state index in [1.807, 2.05) is 0 Å². The zero-order valence-electron chi connectivity index (χ0n) is 21.3. The van der Waals surface area contributed by atoms with Crippen molar-refractivity contribution in [1.29, 1.82) is 0 Å². The second kappa shape index (κ2) is 12.3. The summed E-state index contributed by atoms with van der Waals surface area (Å²) < 4.78 is 26.4. The smallest absolute Gasteiger partial charge is 0.271 e. The van der Waals surface area contributed by atoms with Gasteiger partial charge in [-0.25, -0.2) is 8.42 Å². The van der Waals surface area contributed by atoms with Crippen LogP contribution < -0.4 is 9.62 Å². The maximum absolute atomic E-state index is 13.7. The van der Waals surface area contributed by atoms with Crippen molar-refractivity contribution in [2.75, 3.05) is 17.1 Å². The van der Waals surface area contributed by atoms with Crippen LogP contribution in [0, 0.1) is 17.0 Å². The van der Waals surface area contributed by atoms with Gasteiger partial charge in [0.1, 0.15) is 12.6 Å². The van der Waals surface area contributed by atoms with Gasteiger partial charge >= 0.3 is 0 Å². The Hall–Kier alpha value is -2.89. The largest absolute Gasteiger partial charge is 0.352 e. The fourth-order valence-electron chi connectivity index (χ4n) is 4.38. The number of anilines is 1. The Bertz CT molecular complexity index is 1330. The van der Waals surface area contributed by atoms with Gasteiger partial charge in [0.25, 0.3) is 5.69 Å². The van der Waals surface area contributed by atoms with E-state index in [0.29, 0.717) is 16.1 Å². The molecule has 13 heteroatoms. The molecular weight excluding hydrogens is 555 g/mol. The highest BCUT2D eigenvalue weighted by Crippen LogP contribution is 2.29. The van der Waals surface area contributed by atoms with Crippen molar-refractivity contribution in [2.24, 2.45) is 0 Å². The number of nitro benzene ring substituents is 1. The Morgan fingerprint density at radius 3 is 2.39 bits per heavy atom. The van der Waals surface area contributed by atoms with E-state index in [1.54, 1.807) is 26.0 Å². The number of carbonyl (C=O) groups is 2. The van der Waals surface area contributed by atoms with Gasteiger partial charge in [-0.05, 0) is 49.9 Å². The van der Waals surface area contributed by atoms with Crippen LogP contribution in [0.5, 0.6) is 0 Å². The minimum atomic E-state index is -4.04. The van der Waals surface area contributed by atoms with Crippen molar-refractivity contribution in [3.8, 4) is 0 Å². The molecule has 0 spiro atoms. The van der Waals surface area contributed by atoms with Crippen LogP contribution in [0.15, 0.2) is 36.4 Å². The first-order valence-electron chi connectivity index (χ1n) is 12.0. The van der Waals surface area contributed by atoms with Crippen LogP contribution in [0.25, 0.3) is 0 Å². The zero-order valence-corrected chi connectivity index (χ0v) is 23.6. The average molecular weight is 586 g/mol. The van der Waals surface area contributed by atoms with Crippen molar-refractivity contribution >= 4 is 56.4 Å². The molecule has 3 rings (SSSR count). The first-order chi connectivity index (χ1) is 17.8. The molecule has 1 atom stereocenters. The lowest BCUT2D eigenvalue weighted by molar-refractivity contribution is -0.384. The van der Waals surface area contributed by atoms with Crippen LogP contribution in [0.1, 0.15) is 43.7 Å². The van der Waals surface area contributed by atoms with Crippen molar-refractivity contribution in [1.82, 2.24) is 10.2 Å². The predicted molar refractivity (Wildman–Crippen MR) is 147 cm³/mol. The Morgan fingerprint density at radius 1 is 1.16 bits per heavy atom. The highest BCUT2D eigenvalue weighted by atomic mass is 35.5. The monoisotopic (exact) mass is 584 g/mol. The number of sulfonamides is 1.